The molecular formula is C73H141N2O7P. The van der Waals surface area contributed by atoms with Crippen molar-refractivity contribution in [2.75, 3.05) is 40.9 Å². The van der Waals surface area contributed by atoms with E-state index in [9.17, 15) is 19.0 Å². The summed E-state index contributed by atoms with van der Waals surface area (Å²) in [5.41, 5.74) is 0. The Bertz CT molecular complexity index is 1510. The van der Waals surface area contributed by atoms with Crippen LogP contribution in [0.3, 0.4) is 0 Å². The zero-order valence-corrected chi connectivity index (χ0v) is 57.1. The van der Waals surface area contributed by atoms with Gasteiger partial charge in [-0.05, 0) is 63.9 Å². The third-order valence-corrected chi connectivity index (χ3v) is 17.5. The molecule has 0 bridgehead atoms. The highest BCUT2D eigenvalue weighted by atomic mass is 31.2. The third kappa shape index (κ3) is 64.5. The minimum atomic E-state index is -4.70. The Labute approximate surface area is 516 Å². The van der Waals surface area contributed by atoms with Crippen LogP contribution in [0, 0.1) is 0 Å². The first-order valence-corrected chi connectivity index (χ1v) is 37.8. The summed E-state index contributed by atoms with van der Waals surface area (Å²) in [7, 11) is 1.20. The molecule has 0 heterocycles. The number of hydrogen-bond donors (Lipinski definition) is 1. The number of phosphoric acid groups is 1. The maximum Gasteiger partial charge on any atom is 0.306 e. The average Bonchev–Trinajstić information content (AvgIpc) is 3.51. The van der Waals surface area contributed by atoms with Gasteiger partial charge in [0.15, 0.2) is 0 Å². The first kappa shape index (κ1) is 81.2. The molecule has 9 nitrogen and oxygen atoms in total. The maximum absolute atomic E-state index is 13.6. The molecule has 0 aliphatic heterocycles. The van der Waals surface area contributed by atoms with E-state index in [1.165, 1.54) is 270 Å². The first-order chi connectivity index (χ1) is 40.4. The molecular weight excluding hydrogens is 1050 g/mol. The summed E-state index contributed by atoms with van der Waals surface area (Å²) in [5, 5.41) is 3.05. The van der Waals surface area contributed by atoms with E-state index >= 15 is 0 Å². The Morgan fingerprint density at radius 3 is 1.11 bits per heavy atom. The van der Waals surface area contributed by atoms with Crippen molar-refractivity contribution >= 4 is 19.7 Å². The average molecular weight is 1190 g/mol. The minimum Gasteiger partial charge on any atom is -0.756 e. The van der Waals surface area contributed by atoms with Gasteiger partial charge < -0.3 is 28.5 Å². The number of hydrogen-bond acceptors (Lipinski definition) is 7. The van der Waals surface area contributed by atoms with E-state index in [1.54, 1.807) is 0 Å². The zero-order chi connectivity index (χ0) is 60.7. The lowest BCUT2D eigenvalue weighted by Crippen LogP contribution is -2.47. The van der Waals surface area contributed by atoms with Gasteiger partial charge in [-0.2, -0.15) is 0 Å². The molecule has 0 aromatic carbocycles. The van der Waals surface area contributed by atoms with Crippen molar-refractivity contribution in [2.24, 2.45) is 0 Å². The summed E-state index contributed by atoms with van der Waals surface area (Å²) in [6.45, 7) is 6.88. The van der Waals surface area contributed by atoms with Gasteiger partial charge in [-0.3, -0.25) is 14.2 Å². The van der Waals surface area contributed by atoms with E-state index in [1.807, 2.05) is 33.3 Å². The summed E-state index contributed by atoms with van der Waals surface area (Å²) >= 11 is 0. The molecule has 0 radical (unpaired) electrons. The molecule has 0 saturated carbocycles. The molecule has 1 N–H and O–H groups in total. The number of amides is 1. The van der Waals surface area contributed by atoms with Gasteiger partial charge >= 0.3 is 5.97 Å². The Morgan fingerprint density at radius 2 is 0.735 bits per heavy atom. The number of allylic oxidation sites excluding steroid dienone is 5. The number of carbonyl (C=O) groups is 2. The van der Waals surface area contributed by atoms with Crippen LogP contribution in [0.1, 0.15) is 367 Å². The zero-order valence-electron chi connectivity index (χ0n) is 56.2. The topological polar surface area (TPSA) is 114 Å². The van der Waals surface area contributed by atoms with E-state index in [2.05, 4.69) is 50.4 Å². The number of likely N-dealkylation sites (N-methyl/N-ethyl adjacent to an activating group) is 1. The summed E-state index contributed by atoms with van der Waals surface area (Å²) in [5.74, 6) is -0.521. The smallest absolute Gasteiger partial charge is 0.306 e. The van der Waals surface area contributed by atoms with Crippen LogP contribution in [0.25, 0.3) is 0 Å². The van der Waals surface area contributed by atoms with Gasteiger partial charge in [0, 0.05) is 12.8 Å². The maximum atomic E-state index is 13.6. The van der Waals surface area contributed by atoms with Gasteiger partial charge in [-0.25, -0.2) is 0 Å². The summed E-state index contributed by atoms with van der Waals surface area (Å²) in [6.07, 6.45) is 78.5. The molecule has 10 heteroatoms. The summed E-state index contributed by atoms with van der Waals surface area (Å²) < 4.78 is 30.5. The minimum absolute atomic E-state index is 0.0192. The van der Waals surface area contributed by atoms with Gasteiger partial charge in [-0.1, -0.05) is 327 Å². The molecule has 0 aromatic rings. The standard InChI is InChI=1S/C73H141N2O7P/c1-7-10-13-16-19-22-25-27-29-31-33-35-37-39-41-43-45-47-50-53-56-59-62-65-72(76)74-70(69-81-83(78,79)80-68-67-75(4,5)6)71(64-61-58-55-52-49-24-21-18-15-12-9-3)82-73(77)66-63-60-57-54-51-48-46-44-42-40-38-36-34-32-30-28-26-23-20-17-14-11-8-2/h20,23,28,30,61,64,70-71H,7-19,21-22,24-27,29,31-60,62-63,65-69H2,1-6H3,(H-,74,76,78,79)/b23-20-,30-28-,64-61+. The Morgan fingerprint density at radius 1 is 0.422 bits per heavy atom. The van der Waals surface area contributed by atoms with Crippen LogP contribution >= 0.6 is 7.82 Å². The molecule has 83 heavy (non-hydrogen) atoms. The monoisotopic (exact) mass is 1190 g/mol. The van der Waals surface area contributed by atoms with E-state index in [0.29, 0.717) is 17.4 Å². The van der Waals surface area contributed by atoms with E-state index < -0.39 is 20.0 Å². The number of esters is 1. The lowest BCUT2D eigenvalue weighted by Gasteiger charge is -2.30. The highest BCUT2D eigenvalue weighted by Gasteiger charge is 2.27. The second-order valence-corrected chi connectivity index (χ2v) is 27.5. The van der Waals surface area contributed by atoms with Crippen molar-refractivity contribution in [1.82, 2.24) is 5.32 Å². The number of quaternary nitrogens is 1. The van der Waals surface area contributed by atoms with Crippen LogP contribution in [0.15, 0.2) is 36.5 Å². The Kier molecular flexibility index (Phi) is 61.9. The number of nitrogens with one attached hydrogen (secondary N) is 1. The summed E-state index contributed by atoms with van der Waals surface area (Å²) in [6, 6.07) is -0.885. The van der Waals surface area contributed by atoms with Crippen LogP contribution in [0.5, 0.6) is 0 Å². The van der Waals surface area contributed by atoms with Gasteiger partial charge in [0.2, 0.25) is 5.91 Å². The fraction of sp³-hybridized carbons (Fsp3) is 0.890. The molecule has 0 fully saturated rings. The fourth-order valence-corrected chi connectivity index (χ4v) is 11.7. The van der Waals surface area contributed by atoms with Crippen LogP contribution in [-0.4, -0.2) is 69.4 Å². The van der Waals surface area contributed by atoms with Crippen molar-refractivity contribution in [3.8, 4) is 0 Å². The molecule has 1 amide bonds. The third-order valence-electron chi connectivity index (χ3n) is 16.6. The van der Waals surface area contributed by atoms with Crippen molar-refractivity contribution in [2.45, 2.75) is 380 Å². The molecule has 490 valence electrons. The van der Waals surface area contributed by atoms with Crippen LogP contribution in [0.2, 0.25) is 0 Å². The Hall–Kier alpha value is -1.77. The van der Waals surface area contributed by atoms with Crippen LogP contribution in [-0.2, 0) is 27.9 Å². The highest BCUT2D eigenvalue weighted by Crippen LogP contribution is 2.38. The van der Waals surface area contributed by atoms with Crippen LogP contribution < -0.4 is 10.2 Å². The van der Waals surface area contributed by atoms with E-state index in [0.717, 1.165) is 64.2 Å². The largest absolute Gasteiger partial charge is 0.756 e. The molecule has 0 rings (SSSR count). The van der Waals surface area contributed by atoms with E-state index in [-0.39, 0.29) is 31.5 Å². The normalized spacial score (nSPS) is 13.7. The van der Waals surface area contributed by atoms with Crippen LogP contribution in [0.4, 0.5) is 0 Å². The number of carbonyl (C=O) groups excluding carboxylic acids is 2. The predicted molar refractivity (Wildman–Crippen MR) is 358 cm³/mol. The SMILES string of the molecule is CCCCC/C=C\C/C=C\CCCCCCCCCCCCCCCC(=O)OC(/C=C/CCCCCCCCCCC)C(COP(=O)([O-])OCC[N+](C)(C)C)NC(=O)CCCCCCCCCCCCCCCCCCCCCCCCC. The van der Waals surface area contributed by atoms with E-state index in [4.69, 9.17) is 13.8 Å². The number of rotatable bonds is 67. The lowest BCUT2D eigenvalue weighted by molar-refractivity contribution is -0.870. The second kappa shape index (κ2) is 63.3. The molecule has 0 aliphatic rings. The number of ether oxygens (including phenoxy) is 1. The molecule has 0 aromatic heterocycles. The second-order valence-electron chi connectivity index (χ2n) is 26.1. The number of unbranched alkanes of at least 4 members (excludes halogenated alkanes) is 47. The number of phosphoric ester groups is 1. The lowest BCUT2D eigenvalue weighted by atomic mass is 10.0. The molecule has 0 aliphatic carbocycles. The number of nitrogens with zero attached hydrogens (tertiary/aromatic N) is 1. The van der Waals surface area contributed by atoms with Crippen molar-refractivity contribution in [3.63, 3.8) is 0 Å². The first-order valence-electron chi connectivity index (χ1n) is 36.3. The fourth-order valence-electron chi connectivity index (χ4n) is 11.0. The Balaban J connectivity index is 4.97. The van der Waals surface area contributed by atoms with Crippen molar-refractivity contribution in [1.29, 1.82) is 0 Å². The van der Waals surface area contributed by atoms with Gasteiger partial charge in [0.25, 0.3) is 7.82 Å². The van der Waals surface area contributed by atoms with Gasteiger partial charge in [-0.15, -0.1) is 0 Å². The van der Waals surface area contributed by atoms with Gasteiger partial charge in [0.1, 0.15) is 19.3 Å². The van der Waals surface area contributed by atoms with Crippen molar-refractivity contribution < 1.29 is 37.3 Å². The van der Waals surface area contributed by atoms with Crippen molar-refractivity contribution in [3.05, 3.63) is 36.5 Å². The predicted octanol–water partition coefficient (Wildman–Crippen LogP) is 22.4. The molecule has 3 atom stereocenters. The quantitative estimate of drug-likeness (QED) is 0.0212. The summed E-state index contributed by atoms with van der Waals surface area (Å²) in [4.78, 5) is 40.2. The van der Waals surface area contributed by atoms with Gasteiger partial charge in [0.05, 0.1) is 33.8 Å². The molecule has 3 unspecified atom stereocenters. The highest BCUT2D eigenvalue weighted by molar-refractivity contribution is 7.45. The molecule has 0 saturated heterocycles. The molecule has 0 spiro atoms.